The van der Waals surface area contributed by atoms with E-state index in [1.165, 1.54) is 6.42 Å². The number of piperidine rings is 1. The summed E-state index contributed by atoms with van der Waals surface area (Å²) in [5.74, 6) is 0.286. The van der Waals surface area contributed by atoms with Crippen molar-refractivity contribution < 1.29 is 4.79 Å². The zero-order valence-electron chi connectivity index (χ0n) is 11.9. The summed E-state index contributed by atoms with van der Waals surface area (Å²) >= 11 is 0. The van der Waals surface area contributed by atoms with Gasteiger partial charge in [0.15, 0.2) is 5.78 Å². The number of carbonyl (C=O) groups excluding carboxylic acids is 1. The Morgan fingerprint density at radius 1 is 1.30 bits per heavy atom. The summed E-state index contributed by atoms with van der Waals surface area (Å²) < 4.78 is 0. The number of pyridine rings is 1. The van der Waals surface area contributed by atoms with Crippen molar-refractivity contribution in [2.24, 2.45) is 0 Å². The van der Waals surface area contributed by atoms with Crippen molar-refractivity contribution in [3.8, 4) is 0 Å². The van der Waals surface area contributed by atoms with Gasteiger partial charge in [-0.2, -0.15) is 0 Å². The van der Waals surface area contributed by atoms with Gasteiger partial charge in [-0.3, -0.25) is 9.78 Å². The highest BCUT2D eigenvalue weighted by Gasteiger charge is 2.33. The van der Waals surface area contributed by atoms with E-state index in [2.05, 4.69) is 10.3 Å². The third-order valence-corrected chi connectivity index (χ3v) is 4.32. The lowest BCUT2D eigenvalue weighted by Gasteiger charge is -2.33. The average molecular weight is 268 g/mol. The van der Waals surface area contributed by atoms with E-state index in [9.17, 15) is 4.79 Å². The lowest BCUT2D eigenvalue weighted by atomic mass is 9.84. The molecule has 3 heteroatoms. The zero-order valence-corrected chi connectivity index (χ0v) is 11.9. The molecule has 1 aromatic heterocycles. The number of fused-ring (bicyclic) bond motifs is 1. The Labute approximate surface area is 119 Å². The first-order chi connectivity index (χ1) is 9.69. The van der Waals surface area contributed by atoms with Crippen LogP contribution in [0.15, 0.2) is 36.5 Å². The van der Waals surface area contributed by atoms with E-state index >= 15 is 0 Å². The first-order valence-corrected chi connectivity index (χ1v) is 7.30. The van der Waals surface area contributed by atoms with E-state index in [0.29, 0.717) is 6.42 Å². The van der Waals surface area contributed by atoms with Gasteiger partial charge in [0, 0.05) is 18.0 Å². The van der Waals surface area contributed by atoms with Gasteiger partial charge in [-0.05, 0) is 50.4 Å². The first kappa shape index (κ1) is 13.3. The largest absolute Gasteiger partial charge is 0.305 e. The molecule has 0 saturated carbocycles. The molecule has 1 fully saturated rings. The summed E-state index contributed by atoms with van der Waals surface area (Å²) in [5, 5.41) is 4.48. The second-order valence-electron chi connectivity index (χ2n) is 5.80. The number of rotatable bonds is 3. The van der Waals surface area contributed by atoms with Crippen LogP contribution < -0.4 is 5.32 Å². The molecule has 2 aromatic rings. The summed E-state index contributed by atoms with van der Waals surface area (Å²) in [4.78, 5) is 17.0. The van der Waals surface area contributed by atoms with Crippen molar-refractivity contribution in [2.75, 3.05) is 6.54 Å². The van der Waals surface area contributed by atoms with Crippen molar-refractivity contribution in [2.45, 2.75) is 38.1 Å². The summed E-state index contributed by atoms with van der Waals surface area (Å²) in [6, 6.07) is 9.97. The van der Waals surface area contributed by atoms with E-state index in [1.54, 1.807) is 6.20 Å². The molecule has 1 aliphatic rings. The molecule has 0 spiro atoms. The number of ketones is 1. The molecule has 0 radical (unpaired) electrons. The number of benzene rings is 1. The Bertz CT molecular complexity index is 624. The van der Waals surface area contributed by atoms with Crippen LogP contribution in [-0.4, -0.2) is 22.9 Å². The van der Waals surface area contributed by atoms with Crippen LogP contribution in [0, 0.1) is 0 Å². The molecule has 1 aromatic carbocycles. The van der Waals surface area contributed by atoms with E-state index < -0.39 is 0 Å². The highest BCUT2D eigenvalue weighted by atomic mass is 16.1. The molecular formula is C17H20N2O. The van der Waals surface area contributed by atoms with Crippen molar-refractivity contribution in [1.29, 1.82) is 0 Å². The summed E-state index contributed by atoms with van der Waals surface area (Å²) in [5.41, 5.74) is 1.68. The van der Waals surface area contributed by atoms with Gasteiger partial charge in [-0.1, -0.05) is 18.2 Å². The molecule has 1 N–H and O–H groups in total. The lowest BCUT2D eigenvalue weighted by Crippen LogP contribution is -2.52. The van der Waals surface area contributed by atoms with Crippen LogP contribution in [0.25, 0.3) is 10.9 Å². The van der Waals surface area contributed by atoms with Gasteiger partial charge in [0.25, 0.3) is 0 Å². The minimum atomic E-state index is -0.359. The van der Waals surface area contributed by atoms with Gasteiger partial charge in [-0.25, -0.2) is 0 Å². The van der Waals surface area contributed by atoms with E-state index in [1.807, 2.05) is 37.3 Å². The fraction of sp³-hybridized carbons (Fsp3) is 0.412. The van der Waals surface area contributed by atoms with Crippen LogP contribution in [0.2, 0.25) is 0 Å². The Balaban J connectivity index is 1.87. The highest BCUT2D eigenvalue weighted by molar-refractivity contribution is 5.93. The van der Waals surface area contributed by atoms with Gasteiger partial charge >= 0.3 is 0 Å². The van der Waals surface area contributed by atoms with Crippen LogP contribution in [0.3, 0.4) is 0 Å². The van der Waals surface area contributed by atoms with Gasteiger partial charge in [0.1, 0.15) is 0 Å². The standard InChI is InChI=1S/C17H20N2O/c1-17(9-4-5-10-19-17)16(20)12-13-8-11-18-15-7-3-2-6-14(13)15/h2-3,6-8,11,19H,4-5,9-10,12H2,1H3. The van der Waals surface area contributed by atoms with Crippen LogP contribution in [-0.2, 0) is 11.2 Å². The third-order valence-electron chi connectivity index (χ3n) is 4.32. The van der Waals surface area contributed by atoms with Crippen LogP contribution in [0.4, 0.5) is 0 Å². The van der Waals surface area contributed by atoms with Gasteiger partial charge in [0.2, 0.25) is 0 Å². The number of carbonyl (C=O) groups is 1. The SMILES string of the molecule is CC1(C(=O)Cc2ccnc3ccccc23)CCCCN1. The number of hydrogen-bond donors (Lipinski definition) is 1. The predicted octanol–water partition coefficient (Wildman–Crippen LogP) is 2.88. The predicted molar refractivity (Wildman–Crippen MR) is 80.7 cm³/mol. The number of para-hydroxylation sites is 1. The summed E-state index contributed by atoms with van der Waals surface area (Å²) in [6.45, 7) is 2.98. The van der Waals surface area contributed by atoms with Crippen LogP contribution >= 0.6 is 0 Å². The number of aromatic nitrogens is 1. The molecule has 1 saturated heterocycles. The van der Waals surface area contributed by atoms with Gasteiger partial charge < -0.3 is 5.32 Å². The Hall–Kier alpha value is -1.74. The molecule has 3 nitrogen and oxygen atoms in total. The van der Waals surface area contributed by atoms with Crippen LogP contribution in [0.1, 0.15) is 31.7 Å². The molecule has 1 unspecified atom stereocenters. The molecular weight excluding hydrogens is 248 g/mol. The number of Topliss-reactive ketones (excluding diaryl/α,β-unsaturated/α-hetero) is 1. The average Bonchev–Trinajstić information content (AvgIpc) is 2.48. The second kappa shape index (κ2) is 5.33. The van der Waals surface area contributed by atoms with E-state index in [-0.39, 0.29) is 11.3 Å². The third kappa shape index (κ3) is 2.46. The maximum absolute atomic E-state index is 12.7. The molecule has 20 heavy (non-hydrogen) atoms. The van der Waals surface area contributed by atoms with Crippen LogP contribution in [0.5, 0.6) is 0 Å². The number of nitrogens with one attached hydrogen (secondary N) is 1. The molecule has 2 heterocycles. The highest BCUT2D eigenvalue weighted by Crippen LogP contribution is 2.23. The Morgan fingerprint density at radius 2 is 2.15 bits per heavy atom. The lowest BCUT2D eigenvalue weighted by molar-refractivity contribution is -0.125. The van der Waals surface area contributed by atoms with Crippen molar-refractivity contribution in [1.82, 2.24) is 10.3 Å². The van der Waals surface area contributed by atoms with Crippen molar-refractivity contribution in [3.05, 3.63) is 42.1 Å². The topological polar surface area (TPSA) is 42.0 Å². The maximum atomic E-state index is 12.7. The zero-order chi connectivity index (χ0) is 14.0. The van der Waals surface area contributed by atoms with Crippen molar-refractivity contribution >= 4 is 16.7 Å². The molecule has 0 amide bonds. The summed E-state index contributed by atoms with van der Waals surface area (Å²) in [7, 11) is 0. The second-order valence-corrected chi connectivity index (χ2v) is 5.80. The maximum Gasteiger partial charge on any atom is 0.156 e. The Kier molecular flexibility index (Phi) is 3.53. The molecule has 1 aliphatic heterocycles. The molecule has 0 bridgehead atoms. The first-order valence-electron chi connectivity index (χ1n) is 7.30. The molecule has 3 rings (SSSR count). The monoisotopic (exact) mass is 268 g/mol. The fourth-order valence-electron chi connectivity index (χ4n) is 2.97. The summed E-state index contributed by atoms with van der Waals surface area (Å²) in [6.07, 6.45) is 5.51. The number of hydrogen-bond acceptors (Lipinski definition) is 3. The van der Waals surface area contributed by atoms with Gasteiger partial charge in [-0.15, -0.1) is 0 Å². The smallest absolute Gasteiger partial charge is 0.156 e. The minimum Gasteiger partial charge on any atom is -0.305 e. The van der Waals surface area contributed by atoms with E-state index in [0.717, 1.165) is 35.9 Å². The molecule has 1 atom stereocenters. The Morgan fingerprint density at radius 3 is 2.95 bits per heavy atom. The van der Waals surface area contributed by atoms with E-state index in [4.69, 9.17) is 0 Å². The fourth-order valence-corrected chi connectivity index (χ4v) is 2.97. The van der Waals surface area contributed by atoms with Gasteiger partial charge in [0.05, 0.1) is 11.1 Å². The van der Waals surface area contributed by atoms with Crippen molar-refractivity contribution in [3.63, 3.8) is 0 Å². The molecule has 104 valence electrons. The normalized spacial score (nSPS) is 22.9. The quantitative estimate of drug-likeness (QED) is 0.930. The minimum absolute atomic E-state index is 0.286. The number of nitrogens with zero attached hydrogens (tertiary/aromatic N) is 1. The molecule has 0 aliphatic carbocycles.